The van der Waals surface area contributed by atoms with Crippen LogP contribution in [0.1, 0.15) is 25.3 Å². The molecule has 0 saturated carbocycles. The van der Waals surface area contributed by atoms with Gasteiger partial charge in [0.15, 0.2) is 0 Å². The van der Waals surface area contributed by atoms with Gasteiger partial charge in [0.2, 0.25) is 0 Å². The van der Waals surface area contributed by atoms with E-state index in [4.69, 9.17) is 9.15 Å². The lowest BCUT2D eigenvalue weighted by atomic mass is 9.98. The second kappa shape index (κ2) is 4.73. The van der Waals surface area contributed by atoms with Crippen LogP contribution in [0.15, 0.2) is 57.7 Å². The zero-order valence-electron chi connectivity index (χ0n) is 12.5. The predicted molar refractivity (Wildman–Crippen MR) is 86.4 cm³/mol. The predicted octanol–water partition coefficient (Wildman–Crippen LogP) is 4.34. The Labute approximate surface area is 128 Å². The highest BCUT2D eigenvalue weighted by atomic mass is 16.5. The topological polar surface area (TPSA) is 39.4 Å². The normalized spacial score (nSPS) is 19.9. The Balaban J connectivity index is 1.99. The van der Waals surface area contributed by atoms with Crippen LogP contribution in [-0.4, -0.2) is 6.10 Å². The minimum atomic E-state index is -0.285. The highest BCUT2D eigenvalue weighted by molar-refractivity contribution is 5.89. The maximum Gasteiger partial charge on any atom is 0.343 e. The maximum absolute atomic E-state index is 12.2. The molecule has 1 aliphatic heterocycles. The number of hydrogen-bond donors (Lipinski definition) is 0. The van der Waals surface area contributed by atoms with Gasteiger partial charge < -0.3 is 9.15 Å². The molecular formula is C19H16O3. The van der Waals surface area contributed by atoms with Crippen LogP contribution in [0.4, 0.5) is 0 Å². The molecule has 0 spiro atoms. The van der Waals surface area contributed by atoms with Crippen molar-refractivity contribution in [2.75, 3.05) is 0 Å². The molecule has 2 atom stereocenters. The van der Waals surface area contributed by atoms with Crippen molar-refractivity contribution in [2.24, 2.45) is 0 Å². The van der Waals surface area contributed by atoms with Crippen LogP contribution in [0.25, 0.3) is 22.1 Å². The van der Waals surface area contributed by atoms with Gasteiger partial charge in [0.1, 0.15) is 17.4 Å². The molecule has 3 heteroatoms. The summed E-state index contributed by atoms with van der Waals surface area (Å²) in [6.07, 6.45) is -0.0103. The van der Waals surface area contributed by atoms with E-state index < -0.39 is 0 Å². The van der Waals surface area contributed by atoms with Gasteiger partial charge in [0.05, 0.1) is 10.9 Å². The Morgan fingerprint density at radius 1 is 0.955 bits per heavy atom. The third-order valence-corrected chi connectivity index (χ3v) is 4.46. The molecule has 1 aliphatic rings. The summed E-state index contributed by atoms with van der Waals surface area (Å²) in [5.74, 6) is 0.736. The maximum atomic E-state index is 12.2. The highest BCUT2D eigenvalue weighted by Crippen LogP contribution is 2.41. The molecule has 2 aromatic carbocycles. The summed E-state index contributed by atoms with van der Waals surface area (Å²) < 4.78 is 11.4. The number of fused-ring (bicyclic) bond motifs is 3. The van der Waals surface area contributed by atoms with Crippen LogP contribution < -0.4 is 10.4 Å². The van der Waals surface area contributed by atoms with E-state index >= 15 is 0 Å². The molecule has 0 unspecified atom stereocenters. The molecular weight excluding hydrogens is 276 g/mol. The zero-order valence-corrected chi connectivity index (χ0v) is 12.5. The van der Waals surface area contributed by atoms with Gasteiger partial charge in [-0.2, -0.15) is 0 Å². The summed E-state index contributed by atoms with van der Waals surface area (Å²) >= 11 is 0. The van der Waals surface area contributed by atoms with Gasteiger partial charge >= 0.3 is 5.63 Å². The minimum Gasteiger partial charge on any atom is -0.489 e. The average Bonchev–Trinajstić information content (AvgIpc) is 2.84. The molecule has 3 aromatic rings. The van der Waals surface area contributed by atoms with Gasteiger partial charge in [-0.15, -0.1) is 0 Å². The van der Waals surface area contributed by atoms with E-state index in [0.717, 1.165) is 16.5 Å². The molecule has 1 aromatic heterocycles. The molecule has 0 saturated heterocycles. The summed E-state index contributed by atoms with van der Waals surface area (Å²) in [5.41, 5.74) is 3.16. The number of benzene rings is 2. The van der Waals surface area contributed by atoms with Crippen LogP contribution in [0.3, 0.4) is 0 Å². The van der Waals surface area contributed by atoms with Crippen molar-refractivity contribution in [3.05, 3.63) is 64.5 Å². The molecule has 110 valence electrons. The molecule has 0 radical (unpaired) electrons. The van der Waals surface area contributed by atoms with E-state index in [2.05, 4.69) is 12.1 Å². The molecule has 4 rings (SSSR count). The van der Waals surface area contributed by atoms with Gasteiger partial charge in [-0.3, -0.25) is 0 Å². The van der Waals surface area contributed by atoms with Crippen molar-refractivity contribution >= 4 is 11.0 Å². The lowest BCUT2D eigenvalue weighted by Crippen LogP contribution is -2.14. The minimum absolute atomic E-state index is 0.0103. The Morgan fingerprint density at radius 3 is 2.50 bits per heavy atom. The van der Waals surface area contributed by atoms with Crippen molar-refractivity contribution in [3.8, 4) is 16.9 Å². The van der Waals surface area contributed by atoms with E-state index in [1.807, 2.05) is 50.2 Å². The average molecular weight is 292 g/mol. The zero-order chi connectivity index (χ0) is 15.3. The van der Waals surface area contributed by atoms with Crippen molar-refractivity contribution in [3.63, 3.8) is 0 Å². The fourth-order valence-corrected chi connectivity index (χ4v) is 3.04. The van der Waals surface area contributed by atoms with E-state index in [1.165, 1.54) is 0 Å². The fraction of sp³-hybridized carbons (Fsp3) is 0.211. The van der Waals surface area contributed by atoms with Gasteiger partial charge in [0.25, 0.3) is 0 Å². The molecule has 0 aliphatic carbocycles. The molecule has 0 N–H and O–H groups in total. The first-order valence-electron chi connectivity index (χ1n) is 7.48. The quantitative estimate of drug-likeness (QED) is 0.626. The van der Waals surface area contributed by atoms with E-state index in [-0.39, 0.29) is 17.6 Å². The second-order valence-corrected chi connectivity index (χ2v) is 5.82. The van der Waals surface area contributed by atoms with Crippen molar-refractivity contribution in [1.29, 1.82) is 0 Å². The first kappa shape index (κ1) is 13.1. The smallest absolute Gasteiger partial charge is 0.343 e. The van der Waals surface area contributed by atoms with Crippen LogP contribution >= 0.6 is 0 Å². The van der Waals surface area contributed by atoms with Gasteiger partial charge in [-0.05, 0) is 30.2 Å². The highest BCUT2D eigenvalue weighted by Gasteiger charge is 2.33. The van der Waals surface area contributed by atoms with E-state index in [1.54, 1.807) is 0 Å². The lowest BCUT2D eigenvalue weighted by Gasteiger charge is -2.08. The summed E-state index contributed by atoms with van der Waals surface area (Å²) in [6, 6.07) is 16.0. The van der Waals surface area contributed by atoms with Crippen molar-refractivity contribution in [2.45, 2.75) is 25.9 Å². The first-order chi connectivity index (χ1) is 10.6. The molecule has 0 amide bonds. The summed E-state index contributed by atoms with van der Waals surface area (Å²) in [7, 11) is 0. The number of ether oxygens (including phenoxy) is 1. The molecule has 3 nitrogen and oxygen atoms in total. The van der Waals surface area contributed by atoms with Crippen LogP contribution in [0, 0.1) is 0 Å². The van der Waals surface area contributed by atoms with Gasteiger partial charge in [0, 0.05) is 5.92 Å². The van der Waals surface area contributed by atoms with E-state index in [0.29, 0.717) is 16.9 Å². The van der Waals surface area contributed by atoms with Crippen molar-refractivity contribution < 1.29 is 9.15 Å². The standard InChI is InChI=1S/C19H16O3/c1-11-12(2)21-18-15-10-14(13-6-4-3-5-7-13)8-9-16(15)22-19(20)17(11)18/h3-12H,1-2H3/t11-,12+/m0/s1. The fourth-order valence-electron chi connectivity index (χ4n) is 3.04. The van der Waals surface area contributed by atoms with Crippen LogP contribution in [-0.2, 0) is 0 Å². The van der Waals surface area contributed by atoms with Crippen LogP contribution in [0.2, 0.25) is 0 Å². The molecule has 2 heterocycles. The number of rotatable bonds is 1. The lowest BCUT2D eigenvalue weighted by molar-refractivity contribution is 0.234. The molecule has 22 heavy (non-hydrogen) atoms. The number of hydrogen-bond acceptors (Lipinski definition) is 3. The van der Waals surface area contributed by atoms with Crippen LogP contribution in [0.5, 0.6) is 5.75 Å². The Kier molecular flexibility index (Phi) is 2.83. The first-order valence-corrected chi connectivity index (χ1v) is 7.48. The van der Waals surface area contributed by atoms with Gasteiger partial charge in [-0.25, -0.2) is 4.79 Å². The third-order valence-electron chi connectivity index (χ3n) is 4.46. The summed E-state index contributed by atoms with van der Waals surface area (Å²) in [5, 5.41) is 0.868. The largest absolute Gasteiger partial charge is 0.489 e. The van der Waals surface area contributed by atoms with E-state index in [9.17, 15) is 4.79 Å². The summed E-state index contributed by atoms with van der Waals surface area (Å²) in [6.45, 7) is 3.98. The van der Waals surface area contributed by atoms with Crippen molar-refractivity contribution in [1.82, 2.24) is 0 Å². The summed E-state index contributed by atoms with van der Waals surface area (Å²) in [4.78, 5) is 12.2. The Morgan fingerprint density at radius 2 is 1.73 bits per heavy atom. The Hall–Kier alpha value is -2.55. The Bertz CT molecular complexity index is 909. The molecule has 0 bridgehead atoms. The third kappa shape index (κ3) is 1.86. The second-order valence-electron chi connectivity index (χ2n) is 5.82. The monoisotopic (exact) mass is 292 g/mol. The van der Waals surface area contributed by atoms with Gasteiger partial charge in [-0.1, -0.05) is 43.3 Å². The SMILES string of the molecule is C[C@@H]1c2c(c3cc(-c4ccccc4)ccc3oc2=O)O[C@@H]1C. The molecule has 0 fully saturated rings.